The zero-order chi connectivity index (χ0) is 24.6. The zero-order valence-electron chi connectivity index (χ0n) is 19.9. The van der Waals surface area contributed by atoms with Gasteiger partial charge < -0.3 is 10.6 Å². The molecule has 178 valence electrons. The second-order valence-corrected chi connectivity index (χ2v) is 10.2. The Morgan fingerprint density at radius 3 is 1.97 bits per heavy atom. The number of nitrogens with one attached hydrogen (secondary N) is 2. The van der Waals surface area contributed by atoms with Gasteiger partial charge >= 0.3 is 0 Å². The average Bonchev–Trinajstić information content (AvgIpc) is 3.43. The van der Waals surface area contributed by atoms with Crippen LogP contribution >= 0.6 is 11.8 Å². The van der Waals surface area contributed by atoms with Crippen LogP contribution in [-0.2, 0) is 0 Å². The normalized spacial score (nSPS) is 17.8. The Labute approximate surface area is 219 Å². The van der Waals surface area contributed by atoms with Crippen LogP contribution in [0.4, 0.5) is 5.69 Å². The van der Waals surface area contributed by atoms with E-state index >= 15 is 0 Å². The molecule has 0 amide bonds. The van der Waals surface area contributed by atoms with Crippen molar-refractivity contribution < 1.29 is 0 Å². The van der Waals surface area contributed by atoms with Crippen molar-refractivity contribution in [3.63, 3.8) is 0 Å². The zero-order valence-corrected chi connectivity index (χ0v) is 20.7. The van der Waals surface area contributed by atoms with Gasteiger partial charge in [0.25, 0.3) is 0 Å². The number of anilines is 1. The third-order valence-electron chi connectivity index (χ3n) is 6.62. The van der Waals surface area contributed by atoms with Gasteiger partial charge in [0.05, 0.1) is 11.7 Å². The summed E-state index contributed by atoms with van der Waals surface area (Å²) in [7, 11) is 0. The minimum atomic E-state index is 0.242. The van der Waals surface area contributed by atoms with E-state index in [-0.39, 0.29) is 11.4 Å². The minimum Gasteiger partial charge on any atom is -0.382 e. The lowest BCUT2D eigenvalue weighted by Crippen LogP contribution is -2.37. The Bertz CT molecular complexity index is 1610. The van der Waals surface area contributed by atoms with Crippen LogP contribution in [0.2, 0.25) is 0 Å². The number of fused-ring (bicyclic) bond motifs is 3. The van der Waals surface area contributed by atoms with Crippen molar-refractivity contribution in [2.45, 2.75) is 16.3 Å². The number of aromatic nitrogens is 3. The van der Waals surface area contributed by atoms with Crippen LogP contribution in [0, 0.1) is 0 Å². The first-order valence-electron chi connectivity index (χ1n) is 12.3. The highest BCUT2D eigenvalue weighted by atomic mass is 32.2. The molecule has 4 aromatic carbocycles. The van der Waals surface area contributed by atoms with Crippen LogP contribution in [0.15, 0.2) is 120 Å². The molecule has 2 aliphatic heterocycles. The predicted octanol–water partition coefficient (Wildman–Crippen LogP) is 6.91. The molecule has 1 aromatic heterocycles. The predicted molar refractivity (Wildman–Crippen MR) is 152 cm³/mol. The molecule has 2 N–H and O–H groups in total. The fourth-order valence-electron chi connectivity index (χ4n) is 4.76. The van der Waals surface area contributed by atoms with Crippen molar-refractivity contribution in [2.75, 3.05) is 5.32 Å². The van der Waals surface area contributed by atoms with Crippen molar-refractivity contribution in [1.29, 1.82) is 0 Å². The quantitative estimate of drug-likeness (QED) is 0.281. The molecular formula is C31H23N5S. The van der Waals surface area contributed by atoms with Gasteiger partial charge in [-0.05, 0) is 29.8 Å². The first kappa shape index (κ1) is 21.8. The number of nitrogens with zero attached hydrogens (tertiary/aromatic N) is 3. The molecule has 2 atom stereocenters. The van der Waals surface area contributed by atoms with Crippen molar-refractivity contribution in [1.82, 2.24) is 20.3 Å². The molecule has 0 saturated carbocycles. The molecule has 7 rings (SSSR count). The van der Waals surface area contributed by atoms with Crippen LogP contribution in [0.1, 0.15) is 0 Å². The van der Waals surface area contributed by atoms with Crippen LogP contribution in [-0.4, -0.2) is 26.4 Å². The van der Waals surface area contributed by atoms with Gasteiger partial charge in [-0.15, -0.1) is 0 Å². The van der Waals surface area contributed by atoms with E-state index in [2.05, 4.69) is 53.1 Å². The Morgan fingerprint density at radius 2 is 1.32 bits per heavy atom. The summed E-state index contributed by atoms with van der Waals surface area (Å²) in [6.07, 6.45) is 8.32. The van der Waals surface area contributed by atoms with Gasteiger partial charge in [0, 0.05) is 27.0 Å². The summed E-state index contributed by atoms with van der Waals surface area (Å²) in [5, 5.41) is 9.78. The summed E-state index contributed by atoms with van der Waals surface area (Å²) < 4.78 is 0. The van der Waals surface area contributed by atoms with Crippen molar-refractivity contribution >= 4 is 28.2 Å². The highest BCUT2D eigenvalue weighted by Crippen LogP contribution is 2.44. The number of rotatable bonds is 4. The maximum Gasteiger partial charge on any atom is 0.164 e. The molecule has 3 heterocycles. The molecule has 0 saturated heterocycles. The lowest BCUT2D eigenvalue weighted by Gasteiger charge is -2.22. The smallest absolute Gasteiger partial charge is 0.164 e. The summed E-state index contributed by atoms with van der Waals surface area (Å²) in [4.78, 5) is 15.9. The summed E-state index contributed by atoms with van der Waals surface area (Å²) in [6, 6.07) is 31.3. The van der Waals surface area contributed by atoms with Gasteiger partial charge in [-0.25, -0.2) is 15.0 Å². The number of allylic oxidation sites excluding steroid dienone is 2. The molecule has 5 aromatic rings. The van der Waals surface area contributed by atoms with E-state index in [1.807, 2.05) is 84.7 Å². The van der Waals surface area contributed by atoms with E-state index in [0.717, 1.165) is 22.1 Å². The number of dihydropyridines is 1. The van der Waals surface area contributed by atoms with Crippen LogP contribution in [0.3, 0.4) is 0 Å². The minimum absolute atomic E-state index is 0.242. The van der Waals surface area contributed by atoms with Gasteiger partial charge in [0.1, 0.15) is 5.37 Å². The first-order chi connectivity index (χ1) is 18.3. The molecule has 0 radical (unpaired) electrons. The van der Waals surface area contributed by atoms with E-state index in [1.54, 1.807) is 0 Å². The third-order valence-corrected chi connectivity index (χ3v) is 7.88. The molecule has 0 aliphatic carbocycles. The fourth-order valence-corrected chi connectivity index (χ4v) is 5.95. The topological polar surface area (TPSA) is 62.7 Å². The highest BCUT2D eigenvalue weighted by Gasteiger charge is 2.29. The lowest BCUT2D eigenvalue weighted by molar-refractivity contribution is 0.696. The second kappa shape index (κ2) is 9.22. The number of benzene rings is 4. The summed E-state index contributed by atoms with van der Waals surface area (Å²) >= 11 is 1.87. The SMILES string of the molecule is C1=CNC(C2Nc3c(ccc4cc(-c5nc(-c6ccccc6)nc(-c6ccccc6)n5)ccc34)S2)C=C1. The second-order valence-electron chi connectivity index (χ2n) is 9.03. The number of thioether (sulfide) groups is 1. The van der Waals surface area contributed by atoms with Crippen LogP contribution in [0.5, 0.6) is 0 Å². The van der Waals surface area contributed by atoms with Gasteiger partial charge in [-0.1, -0.05) is 103 Å². The molecule has 2 unspecified atom stereocenters. The Hall–Kier alpha value is -4.42. The molecule has 0 fully saturated rings. The van der Waals surface area contributed by atoms with E-state index in [1.165, 1.54) is 16.0 Å². The lowest BCUT2D eigenvalue weighted by atomic mass is 10.0. The maximum atomic E-state index is 4.89. The maximum absolute atomic E-state index is 4.89. The summed E-state index contributed by atoms with van der Waals surface area (Å²) in [6.45, 7) is 0. The molecular weight excluding hydrogens is 474 g/mol. The van der Waals surface area contributed by atoms with Crippen LogP contribution in [0.25, 0.3) is 44.9 Å². The van der Waals surface area contributed by atoms with E-state index in [4.69, 9.17) is 15.0 Å². The van der Waals surface area contributed by atoms with Gasteiger partial charge in [-0.3, -0.25) is 0 Å². The van der Waals surface area contributed by atoms with Gasteiger partial charge in [0.15, 0.2) is 17.5 Å². The van der Waals surface area contributed by atoms with Crippen molar-refractivity contribution in [3.8, 4) is 34.2 Å². The molecule has 6 heteroatoms. The number of hydrogen-bond acceptors (Lipinski definition) is 6. The molecule has 0 bridgehead atoms. The molecule has 0 spiro atoms. The Kier molecular flexibility index (Phi) is 5.44. The monoisotopic (exact) mass is 497 g/mol. The molecule has 2 aliphatic rings. The first-order valence-corrected chi connectivity index (χ1v) is 13.2. The van der Waals surface area contributed by atoms with E-state index in [0.29, 0.717) is 17.5 Å². The van der Waals surface area contributed by atoms with E-state index in [9.17, 15) is 0 Å². The Morgan fingerprint density at radius 1 is 0.649 bits per heavy atom. The largest absolute Gasteiger partial charge is 0.382 e. The van der Waals surface area contributed by atoms with Crippen molar-refractivity contribution in [2.24, 2.45) is 0 Å². The average molecular weight is 498 g/mol. The molecule has 5 nitrogen and oxygen atoms in total. The van der Waals surface area contributed by atoms with E-state index < -0.39 is 0 Å². The highest BCUT2D eigenvalue weighted by molar-refractivity contribution is 8.00. The summed E-state index contributed by atoms with van der Waals surface area (Å²) in [5.41, 5.74) is 4.09. The standard InChI is InChI=1S/C31H23N5S/c1-3-9-20(10-4-1)28-34-29(21-11-5-2-6-12-21)36-30(35-28)23-14-16-24-22(19-23)15-17-26-27(24)33-31(37-26)25-13-7-8-18-32-25/h1-19,25,31-33H. The Balaban J connectivity index is 1.29. The fraction of sp³-hybridized carbons (Fsp3) is 0.0645. The van der Waals surface area contributed by atoms with Crippen molar-refractivity contribution in [3.05, 3.63) is 115 Å². The van der Waals surface area contributed by atoms with Crippen LogP contribution < -0.4 is 10.6 Å². The number of hydrogen-bond donors (Lipinski definition) is 2. The molecule has 37 heavy (non-hydrogen) atoms. The third kappa shape index (κ3) is 4.15. The summed E-state index contributed by atoms with van der Waals surface area (Å²) in [5.74, 6) is 2.00. The van der Waals surface area contributed by atoms with Gasteiger partial charge in [-0.2, -0.15) is 0 Å². The van der Waals surface area contributed by atoms with Gasteiger partial charge in [0.2, 0.25) is 0 Å².